The summed E-state index contributed by atoms with van der Waals surface area (Å²) in [4.78, 5) is 24.8. The smallest absolute Gasteiger partial charge is 0.329 e. The maximum absolute atomic E-state index is 11.6. The molecule has 1 N–H and O–H groups in total. The molecule has 0 bridgehead atoms. The van der Waals surface area contributed by atoms with Gasteiger partial charge in [-0.2, -0.15) is 0 Å². The van der Waals surface area contributed by atoms with E-state index in [1.54, 1.807) is 7.11 Å². The Balaban J connectivity index is 2.46. The molecule has 0 saturated carbocycles. The van der Waals surface area contributed by atoms with E-state index in [2.05, 4.69) is 10.2 Å². The topological polar surface area (TPSA) is 67.9 Å². The molecule has 1 unspecified atom stereocenters. The number of rotatable bonds is 5. The number of likely N-dealkylation sites (tertiary alicyclic amines) is 1. The number of nitrogens with one attached hydrogen (secondary N) is 1. The van der Waals surface area contributed by atoms with Crippen LogP contribution in [0.2, 0.25) is 0 Å². The summed E-state index contributed by atoms with van der Waals surface area (Å²) >= 11 is 0. The quantitative estimate of drug-likeness (QED) is 0.690. The van der Waals surface area contributed by atoms with Crippen molar-refractivity contribution < 1.29 is 19.1 Å². The van der Waals surface area contributed by atoms with Crippen molar-refractivity contribution in [3.63, 3.8) is 0 Å². The summed E-state index contributed by atoms with van der Waals surface area (Å²) in [6, 6.07) is -0.591. The van der Waals surface area contributed by atoms with Gasteiger partial charge < -0.3 is 19.7 Å². The summed E-state index contributed by atoms with van der Waals surface area (Å²) in [5, 5.41) is 2.62. The molecule has 1 amide bonds. The van der Waals surface area contributed by atoms with Crippen LogP contribution in [-0.4, -0.2) is 62.8 Å². The van der Waals surface area contributed by atoms with Crippen LogP contribution in [0.5, 0.6) is 0 Å². The van der Waals surface area contributed by atoms with Crippen LogP contribution in [0, 0.1) is 0 Å². The Bertz CT molecular complexity index is 288. The summed E-state index contributed by atoms with van der Waals surface area (Å²) in [5.41, 5.74) is 0. The second-order valence-corrected chi connectivity index (χ2v) is 4.51. The monoisotopic (exact) mass is 258 g/mol. The van der Waals surface area contributed by atoms with Crippen molar-refractivity contribution in [3.8, 4) is 0 Å². The molecule has 1 aliphatic heterocycles. The van der Waals surface area contributed by atoms with E-state index in [0.29, 0.717) is 12.6 Å². The first-order valence-corrected chi connectivity index (χ1v) is 6.17. The van der Waals surface area contributed by atoms with Crippen molar-refractivity contribution in [1.82, 2.24) is 10.2 Å². The van der Waals surface area contributed by atoms with Gasteiger partial charge in [-0.15, -0.1) is 0 Å². The predicted molar refractivity (Wildman–Crippen MR) is 66.1 cm³/mol. The highest BCUT2D eigenvalue weighted by atomic mass is 16.5. The second kappa shape index (κ2) is 7.33. The van der Waals surface area contributed by atoms with Crippen LogP contribution < -0.4 is 5.32 Å². The van der Waals surface area contributed by atoms with Crippen LogP contribution in [0.1, 0.15) is 19.8 Å². The van der Waals surface area contributed by atoms with Crippen molar-refractivity contribution in [1.29, 1.82) is 0 Å². The first-order valence-electron chi connectivity index (χ1n) is 6.17. The Labute approximate surface area is 108 Å². The number of methoxy groups -OCH3 is 2. The SMILES string of the molecule is COC(=O)C(CN1CCC(OC)CC1)NC(C)=O. The Hall–Kier alpha value is -1.14. The van der Waals surface area contributed by atoms with Crippen molar-refractivity contribution in [2.45, 2.75) is 31.9 Å². The van der Waals surface area contributed by atoms with Gasteiger partial charge in [-0.05, 0) is 12.8 Å². The van der Waals surface area contributed by atoms with E-state index in [1.165, 1.54) is 14.0 Å². The molecule has 0 spiro atoms. The van der Waals surface area contributed by atoms with Gasteiger partial charge in [-0.25, -0.2) is 4.79 Å². The second-order valence-electron chi connectivity index (χ2n) is 4.51. The lowest BCUT2D eigenvalue weighted by atomic mass is 10.1. The number of carbonyl (C=O) groups is 2. The molecule has 0 radical (unpaired) electrons. The van der Waals surface area contributed by atoms with Gasteiger partial charge in [0.1, 0.15) is 6.04 Å². The molecular weight excluding hydrogens is 236 g/mol. The molecule has 18 heavy (non-hydrogen) atoms. The summed E-state index contributed by atoms with van der Waals surface area (Å²) in [5.74, 6) is -0.628. The average molecular weight is 258 g/mol. The standard InChI is InChI=1S/C12H22N2O4/c1-9(15)13-11(12(16)18-3)8-14-6-4-10(17-2)5-7-14/h10-11H,4-8H2,1-3H3,(H,13,15). The van der Waals surface area contributed by atoms with Crippen molar-refractivity contribution in [3.05, 3.63) is 0 Å². The predicted octanol–water partition coefficient (Wildman–Crippen LogP) is -0.225. The first-order chi connectivity index (χ1) is 8.56. The van der Waals surface area contributed by atoms with E-state index in [1.807, 2.05) is 0 Å². The van der Waals surface area contributed by atoms with Gasteiger partial charge in [0.15, 0.2) is 0 Å². The molecule has 0 aromatic carbocycles. The highest BCUT2D eigenvalue weighted by Crippen LogP contribution is 2.13. The van der Waals surface area contributed by atoms with Gasteiger partial charge in [0, 0.05) is 33.7 Å². The van der Waals surface area contributed by atoms with E-state index in [9.17, 15) is 9.59 Å². The lowest BCUT2D eigenvalue weighted by Gasteiger charge is -2.33. The van der Waals surface area contributed by atoms with Crippen LogP contribution >= 0.6 is 0 Å². The fraction of sp³-hybridized carbons (Fsp3) is 0.833. The number of hydrogen-bond acceptors (Lipinski definition) is 5. The number of nitrogens with zero attached hydrogens (tertiary/aromatic N) is 1. The molecule has 0 aliphatic carbocycles. The van der Waals surface area contributed by atoms with Gasteiger partial charge in [0.25, 0.3) is 0 Å². The third-order valence-electron chi connectivity index (χ3n) is 3.17. The normalized spacial score (nSPS) is 19.3. The molecule has 6 heteroatoms. The molecular formula is C12H22N2O4. The van der Waals surface area contributed by atoms with Gasteiger partial charge in [0.2, 0.25) is 5.91 Å². The Morgan fingerprint density at radius 2 is 1.94 bits per heavy atom. The van der Waals surface area contributed by atoms with Gasteiger partial charge in [0.05, 0.1) is 13.2 Å². The van der Waals surface area contributed by atoms with E-state index in [0.717, 1.165) is 25.9 Å². The molecule has 0 aromatic heterocycles. The summed E-state index contributed by atoms with van der Waals surface area (Å²) in [6.07, 6.45) is 2.20. The van der Waals surface area contributed by atoms with Crippen LogP contribution in [0.15, 0.2) is 0 Å². The maximum atomic E-state index is 11.6. The Morgan fingerprint density at radius 1 is 1.33 bits per heavy atom. The fourth-order valence-corrected chi connectivity index (χ4v) is 2.15. The largest absolute Gasteiger partial charge is 0.467 e. The highest BCUT2D eigenvalue weighted by molar-refractivity contribution is 5.83. The number of hydrogen-bond donors (Lipinski definition) is 1. The van der Waals surface area contributed by atoms with E-state index in [-0.39, 0.29) is 5.91 Å². The first kappa shape index (κ1) is 14.9. The zero-order valence-electron chi connectivity index (χ0n) is 11.3. The van der Waals surface area contributed by atoms with Crippen LogP contribution in [0.3, 0.4) is 0 Å². The minimum atomic E-state index is -0.591. The van der Waals surface area contributed by atoms with Crippen molar-refractivity contribution in [2.75, 3.05) is 33.9 Å². The summed E-state index contributed by atoms with van der Waals surface area (Å²) < 4.78 is 9.98. The van der Waals surface area contributed by atoms with Crippen molar-refractivity contribution in [2.24, 2.45) is 0 Å². The third kappa shape index (κ3) is 4.62. The number of ether oxygens (including phenoxy) is 2. The van der Waals surface area contributed by atoms with E-state index < -0.39 is 12.0 Å². The highest BCUT2D eigenvalue weighted by Gasteiger charge is 2.26. The number of piperidine rings is 1. The van der Waals surface area contributed by atoms with Crippen LogP contribution in [0.25, 0.3) is 0 Å². The molecule has 1 aliphatic rings. The number of carbonyl (C=O) groups excluding carboxylic acids is 2. The fourth-order valence-electron chi connectivity index (χ4n) is 2.15. The van der Waals surface area contributed by atoms with Gasteiger partial charge in [-0.3, -0.25) is 4.79 Å². The lowest BCUT2D eigenvalue weighted by molar-refractivity contribution is -0.145. The zero-order chi connectivity index (χ0) is 13.5. The lowest BCUT2D eigenvalue weighted by Crippen LogP contribution is -2.50. The number of esters is 1. The molecule has 1 heterocycles. The van der Waals surface area contributed by atoms with Crippen molar-refractivity contribution >= 4 is 11.9 Å². The molecule has 1 atom stereocenters. The number of amides is 1. The third-order valence-corrected chi connectivity index (χ3v) is 3.17. The zero-order valence-corrected chi connectivity index (χ0v) is 11.3. The summed E-state index contributed by atoms with van der Waals surface area (Å²) in [6.45, 7) is 3.62. The molecule has 6 nitrogen and oxygen atoms in total. The van der Waals surface area contributed by atoms with E-state index in [4.69, 9.17) is 9.47 Å². The van der Waals surface area contributed by atoms with Gasteiger partial charge >= 0.3 is 5.97 Å². The molecule has 1 saturated heterocycles. The minimum absolute atomic E-state index is 0.225. The molecule has 104 valence electrons. The Morgan fingerprint density at radius 3 is 2.39 bits per heavy atom. The maximum Gasteiger partial charge on any atom is 0.329 e. The molecule has 1 fully saturated rings. The average Bonchev–Trinajstić information content (AvgIpc) is 2.37. The minimum Gasteiger partial charge on any atom is -0.467 e. The van der Waals surface area contributed by atoms with Gasteiger partial charge in [-0.1, -0.05) is 0 Å². The van der Waals surface area contributed by atoms with Crippen LogP contribution in [0.4, 0.5) is 0 Å². The van der Waals surface area contributed by atoms with E-state index >= 15 is 0 Å². The molecule has 1 rings (SSSR count). The van der Waals surface area contributed by atoms with Crippen LogP contribution in [-0.2, 0) is 19.1 Å². The molecule has 0 aromatic rings. The Kier molecular flexibility index (Phi) is 6.07. The summed E-state index contributed by atoms with van der Waals surface area (Å²) in [7, 11) is 3.04.